The second-order valence-corrected chi connectivity index (χ2v) is 14.2. The van der Waals surface area contributed by atoms with Crippen molar-refractivity contribution in [2.45, 2.75) is 83.7 Å². The number of aryl methyl sites for hydroxylation is 4. The van der Waals surface area contributed by atoms with Crippen LogP contribution in [0.4, 0.5) is 8.78 Å². The second kappa shape index (κ2) is 20.8. The van der Waals surface area contributed by atoms with Gasteiger partial charge < -0.3 is 10.0 Å². The monoisotopic (exact) mass is 773 g/mol. The van der Waals surface area contributed by atoms with Crippen molar-refractivity contribution >= 4 is 11.9 Å². The SMILES string of the molecule is C1CCCCC1.O=C(O)c1cc(-c2ccccn2)nn1CCc1ccc(F)cc1.O=C(c1cc(-c2ccccn2)nn1CCc1ccc(F)cc1)N1CCCCC1. The highest BCUT2D eigenvalue weighted by atomic mass is 19.1. The summed E-state index contributed by atoms with van der Waals surface area (Å²) in [5, 5.41) is 18.3. The minimum Gasteiger partial charge on any atom is -0.477 e. The van der Waals surface area contributed by atoms with Crippen molar-refractivity contribution in [3.8, 4) is 22.8 Å². The summed E-state index contributed by atoms with van der Waals surface area (Å²) in [6, 6.07) is 27.0. The van der Waals surface area contributed by atoms with Crippen LogP contribution in [0, 0.1) is 11.6 Å². The number of pyridine rings is 2. The minimum atomic E-state index is -1.04. The Kier molecular flexibility index (Phi) is 14.8. The van der Waals surface area contributed by atoms with Crippen molar-refractivity contribution in [1.29, 1.82) is 0 Å². The number of aromatic nitrogens is 6. The van der Waals surface area contributed by atoms with E-state index >= 15 is 0 Å². The summed E-state index contributed by atoms with van der Waals surface area (Å²) in [5.74, 6) is -1.56. The number of hydrogen-bond donors (Lipinski definition) is 1. The van der Waals surface area contributed by atoms with Crippen LogP contribution in [-0.4, -0.2) is 64.5 Å². The number of carboxylic acid groups (broad SMARTS) is 1. The van der Waals surface area contributed by atoms with E-state index in [0.29, 0.717) is 48.7 Å². The first-order valence-corrected chi connectivity index (χ1v) is 19.8. The van der Waals surface area contributed by atoms with Gasteiger partial charge in [-0.05, 0) is 97.8 Å². The van der Waals surface area contributed by atoms with Crippen molar-refractivity contribution < 1.29 is 23.5 Å². The fraction of sp³-hybridized carbons (Fsp3) is 0.333. The number of benzene rings is 2. The number of aromatic carboxylic acids is 1. The van der Waals surface area contributed by atoms with Crippen molar-refractivity contribution in [2.75, 3.05) is 13.1 Å². The van der Waals surface area contributed by atoms with E-state index in [4.69, 9.17) is 0 Å². The van der Waals surface area contributed by atoms with Gasteiger partial charge in [-0.15, -0.1) is 0 Å². The fourth-order valence-corrected chi connectivity index (χ4v) is 6.89. The lowest BCUT2D eigenvalue weighted by atomic mass is 10.0. The number of nitrogens with zero attached hydrogens (tertiary/aromatic N) is 7. The zero-order valence-electron chi connectivity index (χ0n) is 32.1. The molecule has 5 heterocycles. The van der Waals surface area contributed by atoms with Crippen molar-refractivity contribution in [3.63, 3.8) is 0 Å². The predicted molar refractivity (Wildman–Crippen MR) is 216 cm³/mol. The summed E-state index contributed by atoms with van der Waals surface area (Å²) >= 11 is 0. The van der Waals surface area contributed by atoms with Gasteiger partial charge in [-0.2, -0.15) is 10.2 Å². The lowest BCUT2D eigenvalue weighted by molar-refractivity contribution is 0.0680. The first-order valence-electron chi connectivity index (χ1n) is 19.8. The molecule has 8 rings (SSSR count). The molecule has 2 aromatic carbocycles. The molecule has 0 bridgehead atoms. The van der Waals surface area contributed by atoms with Gasteiger partial charge in [-0.3, -0.25) is 24.1 Å². The lowest BCUT2D eigenvalue weighted by Crippen LogP contribution is -2.36. The maximum atomic E-state index is 13.1. The quantitative estimate of drug-likeness (QED) is 0.147. The van der Waals surface area contributed by atoms with Crippen molar-refractivity contribution in [2.24, 2.45) is 0 Å². The standard InChI is InChI=1S/C22H23FN4O.C17H14FN3O2.C6H12/c23-18-9-7-17(8-10-18)11-15-27-21(22(28)26-13-4-1-5-14-26)16-20(25-27)19-6-2-3-12-24-19;18-13-6-4-12(5-7-13)8-10-21-16(17(22)23)11-15(20-21)14-3-1-2-9-19-14;1-2-4-6-5-3-1/h2-3,6-10,12,16H,1,4-5,11,13-15H2;1-7,9,11H,8,10H2,(H,22,23);1-6H2. The number of piperidine rings is 1. The van der Waals surface area contributed by atoms with Crippen LogP contribution in [0.25, 0.3) is 22.8 Å². The topological polar surface area (TPSA) is 119 Å². The summed E-state index contributed by atoms with van der Waals surface area (Å²) in [6.45, 7) is 2.52. The molecule has 57 heavy (non-hydrogen) atoms. The van der Waals surface area contributed by atoms with E-state index in [1.807, 2.05) is 35.2 Å². The number of carboxylic acids is 1. The van der Waals surface area contributed by atoms with Crippen LogP contribution in [0.15, 0.2) is 109 Å². The average molecular weight is 774 g/mol. The summed E-state index contributed by atoms with van der Waals surface area (Å²) in [6.07, 6.45) is 16.8. The molecule has 4 aromatic heterocycles. The normalized spacial score (nSPS) is 13.8. The maximum Gasteiger partial charge on any atom is 0.354 e. The van der Waals surface area contributed by atoms with Crippen LogP contribution in [0.2, 0.25) is 0 Å². The number of carbonyl (C=O) groups is 2. The summed E-state index contributed by atoms with van der Waals surface area (Å²) in [4.78, 5) is 35.0. The Labute approximate surface area is 332 Å². The molecule has 1 aliphatic heterocycles. The smallest absolute Gasteiger partial charge is 0.354 e. The molecule has 0 atom stereocenters. The zero-order valence-corrected chi connectivity index (χ0v) is 32.1. The van der Waals surface area contributed by atoms with E-state index in [0.717, 1.165) is 42.8 Å². The largest absolute Gasteiger partial charge is 0.477 e. The Morgan fingerprint density at radius 2 is 0.965 bits per heavy atom. The molecule has 1 N–H and O–H groups in total. The molecule has 0 radical (unpaired) electrons. The van der Waals surface area contributed by atoms with Gasteiger partial charge in [0.1, 0.15) is 34.4 Å². The van der Waals surface area contributed by atoms with Crippen LogP contribution in [0.3, 0.4) is 0 Å². The first kappa shape index (κ1) is 40.6. The van der Waals surface area contributed by atoms with Gasteiger partial charge in [-0.1, -0.05) is 74.9 Å². The molecule has 1 amide bonds. The third-order valence-corrected chi connectivity index (χ3v) is 10.0. The number of halogens is 2. The van der Waals surface area contributed by atoms with Gasteiger partial charge in [0.2, 0.25) is 0 Å². The Morgan fingerprint density at radius 1 is 0.544 bits per heavy atom. The molecule has 0 unspecified atom stereocenters. The minimum absolute atomic E-state index is 0.0217. The second-order valence-electron chi connectivity index (χ2n) is 14.2. The maximum absolute atomic E-state index is 13.1. The first-order chi connectivity index (χ1) is 27.8. The van der Waals surface area contributed by atoms with E-state index in [9.17, 15) is 23.5 Å². The zero-order chi connectivity index (χ0) is 39.8. The van der Waals surface area contributed by atoms with Crippen LogP contribution >= 0.6 is 0 Å². The van der Waals surface area contributed by atoms with Crippen LogP contribution in [0.1, 0.15) is 89.9 Å². The number of carbonyl (C=O) groups excluding carboxylic acids is 1. The molecular weight excluding hydrogens is 725 g/mol. The lowest BCUT2D eigenvalue weighted by Gasteiger charge is -2.26. The summed E-state index contributed by atoms with van der Waals surface area (Å²) < 4.78 is 29.3. The highest BCUT2D eigenvalue weighted by molar-refractivity contribution is 5.93. The molecule has 1 saturated heterocycles. The molecule has 10 nitrogen and oxygen atoms in total. The molecule has 12 heteroatoms. The van der Waals surface area contributed by atoms with Crippen LogP contribution in [-0.2, 0) is 25.9 Å². The number of amides is 1. The number of hydrogen-bond acceptors (Lipinski definition) is 6. The van der Waals surface area contributed by atoms with Gasteiger partial charge in [-0.25, -0.2) is 13.6 Å². The van der Waals surface area contributed by atoms with E-state index in [1.54, 1.807) is 53.5 Å². The summed E-state index contributed by atoms with van der Waals surface area (Å²) in [5.41, 5.74) is 5.19. The predicted octanol–water partition coefficient (Wildman–Crippen LogP) is 9.32. The number of rotatable bonds is 10. The highest BCUT2D eigenvalue weighted by Gasteiger charge is 2.24. The molecule has 6 aromatic rings. The third kappa shape index (κ3) is 12.0. The Morgan fingerprint density at radius 3 is 1.39 bits per heavy atom. The molecule has 1 saturated carbocycles. The van der Waals surface area contributed by atoms with Gasteiger partial charge in [0, 0.05) is 44.6 Å². The molecular formula is C45H49F2N7O3. The van der Waals surface area contributed by atoms with Crippen LogP contribution in [0.5, 0.6) is 0 Å². The Hall–Kier alpha value is -6.04. The van der Waals surface area contributed by atoms with E-state index < -0.39 is 5.97 Å². The third-order valence-electron chi connectivity index (χ3n) is 10.0. The van der Waals surface area contributed by atoms with Gasteiger partial charge in [0.05, 0.1) is 11.4 Å². The van der Waals surface area contributed by atoms with Crippen LogP contribution < -0.4 is 0 Å². The summed E-state index contributed by atoms with van der Waals surface area (Å²) in [7, 11) is 0. The van der Waals surface area contributed by atoms with Gasteiger partial charge >= 0.3 is 5.97 Å². The van der Waals surface area contributed by atoms with E-state index in [-0.39, 0.29) is 23.2 Å². The van der Waals surface area contributed by atoms with Crippen molar-refractivity contribution in [3.05, 3.63) is 144 Å². The Balaban J connectivity index is 0.000000170. The average Bonchev–Trinajstić information content (AvgIpc) is 3.91. The van der Waals surface area contributed by atoms with E-state index in [1.165, 1.54) is 80.0 Å². The van der Waals surface area contributed by atoms with Gasteiger partial charge in [0.25, 0.3) is 5.91 Å². The number of likely N-dealkylation sites (tertiary alicyclic amines) is 1. The molecule has 1 aliphatic carbocycles. The molecule has 2 aliphatic rings. The van der Waals surface area contributed by atoms with Gasteiger partial charge in [0.15, 0.2) is 0 Å². The molecule has 2 fully saturated rings. The van der Waals surface area contributed by atoms with Crippen molar-refractivity contribution in [1.82, 2.24) is 34.4 Å². The highest BCUT2D eigenvalue weighted by Crippen LogP contribution is 2.21. The molecule has 0 spiro atoms. The van der Waals surface area contributed by atoms with E-state index in [2.05, 4.69) is 20.2 Å². The fourth-order valence-electron chi connectivity index (χ4n) is 6.89. The molecule has 296 valence electrons. The Bertz CT molecular complexity index is 2130.